The van der Waals surface area contributed by atoms with Crippen LogP contribution in [-0.2, 0) is 10.7 Å². The molecule has 0 fully saturated rings. The summed E-state index contributed by atoms with van der Waals surface area (Å²) in [5, 5.41) is 0. The Morgan fingerprint density at radius 3 is 2.67 bits per heavy atom. The zero-order chi connectivity index (χ0) is 11.2. The molecular weight excluding hydrogens is 200 g/mol. The second kappa shape index (κ2) is 3.02. The molecule has 1 aliphatic heterocycles. The average Bonchev–Trinajstić information content (AvgIpc) is 2.39. The van der Waals surface area contributed by atoms with Gasteiger partial charge in [-0.3, -0.25) is 4.79 Å². The highest BCUT2D eigenvalue weighted by atomic mass is 19.3. The Morgan fingerprint density at radius 1 is 1.40 bits per heavy atom. The van der Waals surface area contributed by atoms with Crippen LogP contribution in [0.4, 0.5) is 14.5 Å². The number of fused-ring (bicyclic) bond motifs is 1. The number of carbonyl (C=O) groups excluding carboxylic acids is 1. The molecule has 0 atom stereocenters. The van der Waals surface area contributed by atoms with E-state index in [1.807, 2.05) is 0 Å². The molecule has 1 aromatic rings. The molecule has 1 heterocycles. The minimum absolute atomic E-state index is 0.172. The number of rotatable bonds is 1. The molecule has 1 amide bonds. The number of para-hydroxylation sites is 1. The van der Waals surface area contributed by atoms with Gasteiger partial charge in [-0.25, -0.2) is 0 Å². The highest BCUT2D eigenvalue weighted by molar-refractivity contribution is 6.06. The number of nitrogens with zero attached hydrogens (tertiary/aromatic N) is 1. The monoisotopic (exact) mass is 211 g/mol. The third kappa shape index (κ3) is 1.17. The van der Waals surface area contributed by atoms with E-state index in [2.05, 4.69) is 0 Å². The predicted molar refractivity (Wildman–Crippen MR) is 53.1 cm³/mol. The number of benzene rings is 1. The van der Waals surface area contributed by atoms with Crippen molar-refractivity contribution in [3.63, 3.8) is 0 Å². The summed E-state index contributed by atoms with van der Waals surface area (Å²) in [5.74, 6) is -4.48. The summed E-state index contributed by atoms with van der Waals surface area (Å²) >= 11 is 0. The van der Waals surface area contributed by atoms with Gasteiger partial charge in [-0.2, -0.15) is 8.78 Å². The molecule has 1 aliphatic rings. The molecule has 0 bridgehead atoms. The summed E-state index contributed by atoms with van der Waals surface area (Å²) in [6.45, 7) is 3.69. The minimum atomic E-state index is -3.36. The Hall–Kier alpha value is -1.45. The fraction of sp³-hybridized carbons (Fsp3) is 0.364. The summed E-state index contributed by atoms with van der Waals surface area (Å²) in [6.07, 6.45) is 0. The molecule has 4 heteroatoms. The first kappa shape index (κ1) is 10.1. The van der Waals surface area contributed by atoms with Gasteiger partial charge in [0.15, 0.2) is 0 Å². The molecule has 0 aliphatic carbocycles. The summed E-state index contributed by atoms with van der Waals surface area (Å²) in [7, 11) is 0. The van der Waals surface area contributed by atoms with E-state index in [-0.39, 0.29) is 12.1 Å². The van der Waals surface area contributed by atoms with E-state index in [4.69, 9.17) is 0 Å². The van der Waals surface area contributed by atoms with E-state index < -0.39 is 11.8 Å². The number of hydrogen-bond acceptors (Lipinski definition) is 1. The third-order valence-corrected chi connectivity index (χ3v) is 2.68. The number of amides is 1. The van der Waals surface area contributed by atoms with Gasteiger partial charge >= 0.3 is 11.8 Å². The van der Waals surface area contributed by atoms with Gasteiger partial charge < -0.3 is 4.90 Å². The lowest BCUT2D eigenvalue weighted by atomic mass is 10.1. The van der Waals surface area contributed by atoms with Gasteiger partial charge in [-0.05, 0) is 19.4 Å². The van der Waals surface area contributed by atoms with E-state index in [1.165, 1.54) is 6.07 Å². The highest BCUT2D eigenvalue weighted by Crippen LogP contribution is 2.45. The maximum atomic E-state index is 13.6. The van der Waals surface area contributed by atoms with Crippen LogP contribution in [0.2, 0.25) is 0 Å². The van der Waals surface area contributed by atoms with E-state index in [0.717, 1.165) is 4.90 Å². The summed E-state index contributed by atoms with van der Waals surface area (Å²) in [4.78, 5) is 12.6. The van der Waals surface area contributed by atoms with E-state index in [9.17, 15) is 13.6 Å². The lowest BCUT2D eigenvalue weighted by Gasteiger charge is -2.15. The van der Waals surface area contributed by atoms with Gasteiger partial charge in [-0.1, -0.05) is 18.2 Å². The normalized spacial score (nSPS) is 18.1. The Balaban J connectivity index is 2.70. The lowest BCUT2D eigenvalue weighted by molar-refractivity contribution is -0.141. The number of halogens is 2. The van der Waals surface area contributed by atoms with E-state index in [1.54, 1.807) is 26.0 Å². The zero-order valence-corrected chi connectivity index (χ0v) is 8.55. The number of likely N-dealkylation sites (N-methyl/N-ethyl adjacent to an activating group) is 1. The smallest absolute Gasteiger partial charge is 0.306 e. The molecule has 0 saturated heterocycles. The molecule has 0 saturated carbocycles. The van der Waals surface area contributed by atoms with E-state index in [0.29, 0.717) is 11.3 Å². The summed E-state index contributed by atoms with van der Waals surface area (Å²) < 4.78 is 27.1. The van der Waals surface area contributed by atoms with Crippen LogP contribution >= 0.6 is 0 Å². The first-order chi connectivity index (χ1) is 7.00. The number of carbonyl (C=O) groups is 1. The Kier molecular flexibility index (Phi) is 2.03. The molecule has 2 nitrogen and oxygen atoms in total. The molecule has 0 unspecified atom stereocenters. The maximum absolute atomic E-state index is 13.6. The zero-order valence-electron chi connectivity index (χ0n) is 8.55. The lowest BCUT2D eigenvalue weighted by Crippen LogP contribution is -2.34. The molecule has 80 valence electrons. The number of aryl methyl sites for hydroxylation is 1. The Labute approximate surface area is 86.5 Å². The maximum Gasteiger partial charge on any atom is 0.352 e. The Morgan fingerprint density at radius 2 is 2.07 bits per heavy atom. The van der Waals surface area contributed by atoms with Crippen LogP contribution < -0.4 is 4.90 Å². The highest BCUT2D eigenvalue weighted by Gasteiger charge is 2.52. The number of anilines is 1. The molecule has 0 radical (unpaired) electrons. The van der Waals surface area contributed by atoms with Crippen LogP contribution in [0.3, 0.4) is 0 Å². The van der Waals surface area contributed by atoms with Crippen LogP contribution in [0, 0.1) is 6.92 Å². The van der Waals surface area contributed by atoms with Crippen molar-refractivity contribution in [1.29, 1.82) is 0 Å². The average molecular weight is 211 g/mol. The standard InChI is InChI=1S/C11H11F2NO/c1-3-14-9-7(2)5-4-6-8(9)11(12,13)10(14)15/h4-6H,3H2,1-2H3. The second-order valence-electron chi connectivity index (χ2n) is 3.59. The second-order valence-corrected chi connectivity index (χ2v) is 3.59. The van der Waals surface area contributed by atoms with Gasteiger partial charge in [0.2, 0.25) is 0 Å². The molecule has 15 heavy (non-hydrogen) atoms. The summed E-state index contributed by atoms with van der Waals surface area (Å²) in [6, 6.07) is 4.60. The van der Waals surface area contributed by atoms with Gasteiger partial charge in [0.1, 0.15) is 0 Å². The fourth-order valence-corrected chi connectivity index (χ4v) is 1.96. The largest absolute Gasteiger partial charge is 0.352 e. The van der Waals surface area contributed by atoms with Crippen molar-refractivity contribution < 1.29 is 13.6 Å². The fourth-order valence-electron chi connectivity index (χ4n) is 1.96. The molecule has 2 rings (SSSR count). The van der Waals surface area contributed by atoms with Crippen LogP contribution in [0.15, 0.2) is 18.2 Å². The third-order valence-electron chi connectivity index (χ3n) is 2.68. The van der Waals surface area contributed by atoms with Gasteiger partial charge in [0.05, 0.1) is 11.3 Å². The van der Waals surface area contributed by atoms with Crippen molar-refractivity contribution in [3.8, 4) is 0 Å². The van der Waals surface area contributed by atoms with Crippen molar-refractivity contribution in [2.75, 3.05) is 11.4 Å². The van der Waals surface area contributed by atoms with Crippen LogP contribution in [0.25, 0.3) is 0 Å². The molecular formula is C11H11F2NO. The van der Waals surface area contributed by atoms with Crippen molar-refractivity contribution in [2.24, 2.45) is 0 Å². The molecule has 0 aromatic heterocycles. The molecule has 0 spiro atoms. The van der Waals surface area contributed by atoms with Gasteiger partial charge in [0, 0.05) is 6.54 Å². The van der Waals surface area contributed by atoms with Gasteiger partial charge in [0.25, 0.3) is 0 Å². The quantitative estimate of drug-likeness (QED) is 0.698. The minimum Gasteiger partial charge on any atom is -0.306 e. The van der Waals surface area contributed by atoms with E-state index >= 15 is 0 Å². The number of hydrogen-bond donors (Lipinski definition) is 0. The van der Waals surface area contributed by atoms with Crippen molar-refractivity contribution in [1.82, 2.24) is 0 Å². The Bertz CT molecular complexity index is 429. The summed E-state index contributed by atoms with van der Waals surface area (Å²) in [5.41, 5.74) is 0.907. The first-order valence-electron chi connectivity index (χ1n) is 4.80. The van der Waals surface area contributed by atoms with Crippen LogP contribution in [-0.4, -0.2) is 12.5 Å². The van der Waals surface area contributed by atoms with Crippen LogP contribution in [0.1, 0.15) is 18.1 Å². The van der Waals surface area contributed by atoms with Gasteiger partial charge in [-0.15, -0.1) is 0 Å². The molecule has 0 N–H and O–H groups in total. The predicted octanol–water partition coefficient (Wildman–Crippen LogP) is 2.45. The van der Waals surface area contributed by atoms with Crippen molar-refractivity contribution >= 4 is 11.6 Å². The van der Waals surface area contributed by atoms with Crippen molar-refractivity contribution in [2.45, 2.75) is 19.8 Å². The number of alkyl halides is 2. The topological polar surface area (TPSA) is 20.3 Å². The SMILES string of the molecule is CCN1C(=O)C(F)(F)c2cccc(C)c21. The molecule has 1 aromatic carbocycles. The first-order valence-corrected chi connectivity index (χ1v) is 4.80. The van der Waals surface area contributed by atoms with Crippen molar-refractivity contribution in [3.05, 3.63) is 29.3 Å². The van der Waals surface area contributed by atoms with Crippen LogP contribution in [0.5, 0.6) is 0 Å².